The van der Waals surface area contributed by atoms with E-state index in [1.54, 1.807) is 0 Å². The number of halogens is 6. The summed E-state index contributed by atoms with van der Waals surface area (Å²) >= 11 is 5.68. The molecule has 2 aromatic carbocycles. The Labute approximate surface area is 196 Å². The van der Waals surface area contributed by atoms with Crippen LogP contribution in [0.2, 0.25) is 5.02 Å². The van der Waals surface area contributed by atoms with E-state index in [1.165, 1.54) is 43.0 Å². The largest absolute Gasteiger partial charge is 0.428 e. The molecule has 1 saturated heterocycles. The summed E-state index contributed by atoms with van der Waals surface area (Å²) in [5.41, 5.74) is -4.03. The second-order valence-corrected chi connectivity index (χ2v) is 9.29. The number of carbonyl (C=O) groups is 1. The molecule has 5 nitrogen and oxygen atoms in total. The molecule has 1 atom stereocenters. The van der Waals surface area contributed by atoms with E-state index in [0.29, 0.717) is 0 Å². The lowest BCUT2D eigenvalue weighted by atomic mass is 9.86. The minimum absolute atomic E-state index is 0.0234. The van der Waals surface area contributed by atoms with Gasteiger partial charge in [0.15, 0.2) is 5.67 Å². The van der Waals surface area contributed by atoms with Gasteiger partial charge in [-0.25, -0.2) is 8.78 Å². The minimum Gasteiger partial charge on any atom is -0.381 e. The summed E-state index contributed by atoms with van der Waals surface area (Å²) in [4.78, 5) is 18.2. The monoisotopic (exact) mass is 502 g/mol. The molecule has 0 radical (unpaired) electrons. The molecule has 0 aromatic heterocycles. The third kappa shape index (κ3) is 4.03. The van der Waals surface area contributed by atoms with E-state index < -0.39 is 45.4 Å². The number of rotatable bonds is 4. The lowest BCUT2D eigenvalue weighted by Gasteiger charge is -2.46. The summed E-state index contributed by atoms with van der Waals surface area (Å²) in [6, 6.07) is 8.26. The Bertz CT molecular complexity index is 1150. The number of carbonyl (C=O) groups excluding carboxylic acids is 1. The number of hydroxylamine groups is 1. The van der Waals surface area contributed by atoms with Gasteiger partial charge < -0.3 is 10.0 Å². The molecule has 0 spiro atoms. The highest BCUT2D eigenvalue weighted by Crippen LogP contribution is 2.48. The van der Waals surface area contributed by atoms with Gasteiger partial charge in [0.05, 0.1) is 23.8 Å². The maximum absolute atomic E-state index is 15.2. The molecule has 11 heteroatoms. The molecule has 2 aliphatic heterocycles. The predicted molar refractivity (Wildman–Crippen MR) is 113 cm³/mol. The van der Waals surface area contributed by atoms with E-state index in [9.17, 15) is 27.5 Å². The third-order valence-electron chi connectivity index (χ3n) is 5.85. The van der Waals surface area contributed by atoms with Crippen LogP contribution in [0.15, 0.2) is 48.5 Å². The summed E-state index contributed by atoms with van der Waals surface area (Å²) in [6.45, 7) is 2.13. The molecule has 182 valence electrons. The highest BCUT2D eigenvalue weighted by Gasteiger charge is 2.59. The van der Waals surface area contributed by atoms with Crippen LogP contribution in [0.1, 0.15) is 30.5 Å². The highest BCUT2D eigenvalue weighted by atomic mass is 35.5. The van der Waals surface area contributed by atoms with Crippen LogP contribution in [0.5, 0.6) is 0 Å². The highest BCUT2D eigenvalue weighted by molar-refractivity contribution is 6.30. The van der Waals surface area contributed by atoms with Gasteiger partial charge in [0, 0.05) is 5.56 Å². The maximum Gasteiger partial charge on any atom is 0.428 e. The Kier molecular flexibility index (Phi) is 5.70. The van der Waals surface area contributed by atoms with E-state index in [2.05, 4.69) is 5.48 Å². The summed E-state index contributed by atoms with van der Waals surface area (Å²) in [5.74, 6) is -1.47. The molecule has 1 unspecified atom stereocenters. The number of amides is 1. The Morgan fingerprint density at radius 3 is 2.24 bits per heavy atom. The molecule has 2 heterocycles. The van der Waals surface area contributed by atoms with Crippen LogP contribution in [0.3, 0.4) is 0 Å². The molecular weight excluding hydrogens is 483 g/mol. The zero-order chi connectivity index (χ0) is 25.1. The number of hydrogen-bond donors (Lipinski definition) is 2. The van der Waals surface area contributed by atoms with Crippen molar-refractivity contribution in [1.82, 2.24) is 10.4 Å². The fourth-order valence-electron chi connectivity index (χ4n) is 3.93. The van der Waals surface area contributed by atoms with Crippen molar-refractivity contribution in [2.75, 3.05) is 13.1 Å². The first-order valence-corrected chi connectivity index (χ1v) is 10.5. The van der Waals surface area contributed by atoms with Crippen molar-refractivity contribution in [3.63, 3.8) is 0 Å². The first-order chi connectivity index (χ1) is 15.7. The van der Waals surface area contributed by atoms with Crippen LogP contribution in [0.4, 0.5) is 22.0 Å². The van der Waals surface area contributed by atoms with Crippen molar-refractivity contribution in [3.05, 3.63) is 76.1 Å². The quantitative estimate of drug-likeness (QED) is 0.600. The van der Waals surface area contributed by atoms with E-state index in [1.807, 2.05) is 0 Å². The first-order valence-electron chi connectivity index (χ1n) is 10.2. The van der Waals surface area contributed by atoms with Crippen molar-refractivity contribution in [3.8, 4) is 0 Å². The van der Waals surface area contributed by atoms with Crippen LogP contribution in [0, 0.1) is 5.82 Å². The van der Waals surface area contributed by atoms with Crippen molar-refractivity contribution in [2.24, 2.45) is 0 Å². The molecule has 4 rings (SSSR count). The summed E-state index contributed by atoms with van der Waals surface area (Å²) in [7, 11) is 0. The molecule has 0 aliphatic carbocycles. The molecule has 2 aromatic rings. The second kappa shape index (κ2) is 7.93. The number of nitrogens with zero attached hydrogens (tertiary/aromatic N) is 1. The molecule has 1 amide bonds. The van der Waals surface area contributed by atoms with E-state index in [4.69, 9.17) is 16.4 Å². The smallest absolute Gasteiger partial charge is 0.381 e. The summed E-state index contributed by atoms with van der Waals surface area (Å²) < 4.78 is 70.8. The number of benzene rings is 2. The fraction of sp³-hybridized carbons (Fsp3) is 0.348. The van der Waals surface area contributed by atoms with Crippen LogP contribution in [0.25, 0.3) is 5.70 Å². The lowest BCUT2D eigenvalue weighted by Crippen LogP contribution is -2.62. The Hall–Kier alpha value is -2.69. The molecular formula is C23H20ClF5N2O3. The average Bonchev–Trinajstić information content (AvgIpc) is 3.19. The van der Waals surface area contributed by atoms with Gasteiger partial charge in [-0.05, 0) is 43.2 Å². The van der Waals surface area contributed by atoms with Gasteiger partial charge in [0.2, 0.25) is 5.60 Å². The van der Waals surface area contributed by atoms with E-state index in [0.717, 1.165) is 24.3 Å². The zero-order valence-corrected chi connectivity index (χ0v) is 18.8. The van der Waals surface area contributed by atoms with Crippen molar-refractivity contribution in [1.29, 1.82) is 0 Å². The van der Waals surface area contributed by atoms with Crippen molar-refractivity contribution in [2.45, 2.75) is 36.9 Å². The number of nitrogens with one attached hydrogen (secondary N) is 1. The number of aliphatic hydroxyl groups is 1. The van der Waals surface area contributed by atoms with Gasteiger partial charge in [0.1, 0.15) is 11.4 Å². The molecule has 0 saturated carbocycles. The minimum atomic E-state index is -4.91. The summed E-state index contributed by atoms with van der Waals surface area (Å²) in [6.07, 6.45) is -4.10. The molecule has 2 aliphatic rings. The van der Waals surface area contributed by atoms with Crippen LogP contribution < -0.4 is 5.48 Å². The van der Waals surface area contributed by atoms with Gasteiger partial charge in [-0.2, -0.15) is 13.2 Å². The van der Waals surface area contributed by atoms with Crippen LogP contribution in [-0.2, 0) is 20.9 Å². The summed E-state index contributed by atoms with van der Waals surface area (Å²) in [5, 5.41) is 9.30. The predicted octanol–water partition coefficient (Wildman–Crippen LogP) is 4.59. The number of likely N-dealkylation sites (tertiary alicyclic amines) is 1. The Morgan fingerprint density at radius 1 is 1.12 bits per heavy atom. The fourth-order valence-corrected chi connectivity index (χ4v) is 4.11. The van der Waals surface area contributed by atoms with Crippen molar-refractivity contribution >= 4 is 23.2 Å². The van der Waals surface area contributed by atoms with Gasteiger partial charge >= 0.3 is 6.18 Å². The Balaban J connectivity index is 1.59. The van der Waals surface area contributed by atoms with E-state index >= 15 is 4.39 Å². The molecule has 0 bridgehead atoms. The Morgan fingerprint density at radius 2 is 1.71 bits per heavy atom. The second-order valence-electron chi connectivity index (χ2n) is 8.89. The SMILES string of the molecule is CC(C)(O)C(=O)N1CC(F)(c2ccc(C3=CC(c4ccc(F)c(Cl)c4)(C(F)(F)F)ON3)cc2)C1. The molecule has 34 heavy (non-hydrogen) atoms. The van der Waals surface area contributed by atoms with Crippen LogP contribution >= 0.6 is 11.6 Å². The lowest BCUT2D eigenvalue weighted by molar-refractivity contribution is -0.269. The molecule has 1 fully saturated rings. The normalized spacial score (nSPS) is 22.1. The van der Waals surface area contributed by atoms with Crippen LogP contribution in [-0.4, -0.2) is 40.8 Å². The first kappa shape index (κ1) is 24.4. The number of alkyl halides is 4. The standard InChI is InChI=1S/C23H20ClF5N2O3/c1-20(2,33)19(32)31-11-21(26,12-31)14-5-3-13(4-6-14)18-10-22(34-30-18,23(27,28)29)15-7-8-17(25)16(24)9-15/h3-10,30,33H,11-12H2,1-2H3. The topological polar surface area (TPSA) is 61.8 Å². The van der Waals surface area contributed by atoms with Gasteiger partial charge in [-0.1, -0.05) is 41.9 Å². The zero-order valence-electron chi connectivity index (χ0n) is 18.0. The van der Waals surface area contributed by atoms with E-state index in [-0.39, 0.29) is 29.9 Å². The molecule has 2 N–H and O–H groups in total. The average molecular weight is 503 g/mol. The van der Waals surface area contributed by atoms with Gasteiger partial charge in [-0.15, -0.1) is 0 Å². The van der Waals surface area contributed by atoms with Gasteiger partial charge in [0.25, 0.3) is 5.91 Å². The maximum atomic E-state index is 15.2. The third-order valence-corrected chi connectivity index (χ3v) is 6.14. The number of hydrogen-bond acceptors (Lipinski definition) is 4. The van der Waals surface area contributed by atoms with Gasteiger partial charge in [-0.3, -0.25) is 15.1 Å². The van der Waals surface area contributed by atoms with Crippen molar-refractivity contribution < 1.29 is 36.7 Å².